The molecule has 1 aliphatic rings. The van der Waals surface area contributed by atoms with E-state index in [9.17, 15) is 13.2 Å². The van der Waals surface area contributed by atoms with Gasteiger partial charge >= 0.3 is 6.18 Å². The maximum Gasteiger partial charge on any atom is 0.416 e. The Balaban J connectivity index is 0.00000341. The van der Waals surface area contributed by atoms with E-state index < -0.39 is 11.7 Å². The average Bonchev–Trinajstić information content (AvgIpc) is 3.13. The van der Waals surface area contributed by atoms with Gasteiger partial charge in [-0.2, -0.15) is 18.3 Å². The van der Waals surface area contributed by atoms with E-state index in [2.05, 4.69) is 35.5 Å². The number of halogens is 4. The topological polar surface area (TPSA) is 73.6 Å². The second-order valence-electron chi connectivity index (χ2n) is 7.21. The van der Waals surface area contributed by atoms with E-state index in [4.69, 9.17) is 0 Å². The van der Waals surface area contributed by atoms with Crippen molar-refractivity contribution < 1.29 is 13.2 Å². The first-order chi connectivity index (χ1) is 14.3. The molecule has 1 aromatic carbocycles. The third-order valence-corrected chi connectivity index (χ3v) is 5.14. The number of aromatic nitrogens is 3. The second-order valence-corrected chi connectivity index (χ2v) is 7.21. The third kappa shape index (κ3) is 6.69. The fourth-order valence-corrected chi connectivity index (χ4v) is 3.30. The highest BCUT2D eigenvalue weighted by Gasteiger charge is 2.31. The molecular formula is C19H28F3IN8. The van der Waals surface area contributed by atoms with Crippen molar-refractivity contribution in [1.29, 1.82) is 0 Å². The molecule has 0 aliphatic carbocycles. The molecule has 2 aromatic rings. The van der Waals surface area contributed by atoms with E-state index in [0.717, 1.165) is 43.8 Å². The van der Waals surface area contributed by atoms with Gasteiger partial charge in [0.05, 0.1) is 12.1 Å². The molecule has 1 aromatic heterocycles. The summed E-state index contributed by atoms with van der Waals surface area (Å²) < 4.78 is 41.5. The van der Waals surface area contributed by atoms with Crippen LogP contribution < -0.4 is 15.5 Å². The molecule has 1 fully saturated rings. The van der Waals surface area contributed by atoms with Gasteiger partial charge < -0.3 is 20.4 Å². The van der Waals surface area contributed by atoms with Gasteiger partial charge in [-0.3, -0.25) is 9.67 Å². The van der Waals surface area contributed by atoms with Crippen LogP contribution in [0.2, 0.25) is 0 Å². The summed E-state index contributed by atoms with van der Waals surface area (Å²) in [6, 6.07) is 3.94. The zero-order chi connectivity index (χ0) is 21.7. The normalized spacial score (nSPS) is 15.5. The zero-order valence-electron chi connectivity index (χ0n) is 17.8. The van der Waals surface area contributed by atoms with Gasteiger partial charge in [0.25, 0.3) is 0 Å². The van der Waals surface area contributed by atoms with Gasteiger partial charge in [0.1, 0.15) is 12.2 Å². The van der Waals surface area contributed by atoms with Crippen LogP contribution >= 0.6 is 24.0 Å². The summed E-state index contributed by atoms with van der Waals surface area (Å²) in [6.07, 6.45) is -2.93. The summed E-state index contributed by atoms with van der Waals surface area (Å²) in [4.78, 5) is 12.6. The van der Waals surface area contributed by atoms with Crippen molar-refractivity contribution in [3.8, 4) is 0 Å². The highest BCUT2D eigenvalue weighted by atomic mass is 127. The van der Waals surface area contributed by atoms with Gasteiger partial charge in [0.15, 0.2) is 5.96 Å². The maximum absolute atomic E-state index is 13.3. The number of rotatable bonds is 5. The first kappa shape index (κ1) is 25.2. The number of guanidine groups is 1. The van der Waals surface area contributed by atoms with Gasteiger partial charge in [0, 0.05) is 52.5 Å². The molecule has 31 heavy (non-hydrogen) atoms. The first-order valence-corrected chi connectivity index (χ1v) is 9.69. The van der Waals surface area contributed by atoms with Crippen LogP contribution in [0.25, 0.3) is 0 Å². The number of hydrogen-bond donors (Lipinski definition) is 2. The van der Waals surface area contributed by atoms with Crippen molar-refractivity contribution in [2.45, 2.75) is 19.3 Å². The fourth-order valence-electron chi connectivity index (χ4n) is 3.30. The molecule has 0 atom stereocenters. The van der Waals surface area contributed by atoms with Crippen LogP contribution in [-0.2, 0) is 26.3 Å². The SMILES string of the molecule is CN=C(NCc1cc(C(F)(F)F)ccc1N1CCN(C)CC1)NCc1ncnn1C.I. The van der Waals surface area contributed by atoms with E-state index >= 15 is 0 Å². The molecule has 172 valence electrons. The zero-order valence-corrected chi connectivity index (χ0v) is 20.1. The molecule has 12 heteroatoms. The Bertz CT molecular complexity index is 875. The Morgan fingerprint density at radius 2 is 1.77 bits per heavy atom. The summed E-state index contributed by atoms with van der Waals surface area (Å²) in [5.41, 5.74) is 0.738. The number of aryl methyl sites for hydroxylation is 1. The van der Waals surface area contributed by atoms with E-state index in [1.165, 1.54) is 12.4 Å². The minimum atomic E-state index is -4.39. The van der Waals surface area contributed by atoms with Gasteiger partial charge in [0.2, 0.25) is 0 Å². The minimum absolute atomic E-state index is 0. The third-order valence-electron chi connectivity index (χ3n) is 5.14. The molecule has 0 radical (unpaired) electrons. The Morgan fingerprint density at radius 3 is 2.35 bits per heavy atom. The summed E-state index contributed by atoms with van der Waals surface area (Å²) in [7, 11) is 5.43. The Kier molecular flexibility index (Phi) is 8.91. The van der Waals surface area contributed by atoms with Crippen LogP contribution in [0.5, 0.6) is 0 Å². The van der Waals surface area contributed by atoms with Crippen molar-refractivity contribution in [3.05, 3.63) is 41.5 Å². The van der Waals surface area contributed by atoms with Gasteiger partial charge in [-0.25, -0.2) is 4.98 Å². The number of likely N-dealkylation sites (N-methyl/N-ethyl adjacent to an activating group) is 1. The number of anilines is 1. The molecule has 1 aliphatic heterocycles. The van der Waals surface area contributed by atoms with E-state index in [0.29, 0.717) is 18.1 Å². The van der Waals surface area contributed by atoms with E-state index in [1.54, 1.807) is 24.8 Å². The van der Waals surface area contributed by atoms with Crippen LogP contribution in [0.4, 0.5) is 18.9 Å². The van der Waals surface area contributed by atoms with Gasteiger partial charge in [-0.1, -0.05) is 0 Å². The number of aliphatic imine (C=N–C) groups is 1. The summed E-state index contributed by atoms with van der Waals surface area (Å²) in [5, 5.41) is 10.2. The highest BCUT2D eigenvalue weighted by Crippen LogP contribution is 2.33. The molecule has 0 amide bonds. The fraction of sp³-hybridized carbons (Fsp3) is 0.526. The van der Waals surface area contributed by atoms with Crippen LogP contribution in [-0.4, -0.2) is 65.9 Å². The molecule has 3 rings (SSSR count). The summed E-state index contributed by atoms with van der Waals surface area (Å²) in [5.74, 6) is 1.19. The molecule has 1 saturated heterocycles. The lowest BCUT2D eigenvalue weighted by Crippen LogP contribution is -2.45. The standard InChI is InChI=1S/C19H27F3N8.HI/c1-23-18(25-12-17-26-13-27-29(17)3)24-11-14-10-15(19(20,21)22)4-5-16(14)30-8-6-28(2)7-9-30;/h4-5,10,13H,6-9,11-12H2,1-3H3,(H2,23,24,25);1H. The number of benzene rings is 1. The van der Waals surface area contributed by atoms with Crippen molar-refractivity contribution in [2.24, 2.45) is 12.0 Å². The van der Waals surface area contributed by atoms with Crippen molar-refractivity contribution >= 4 is 35.6 Å². The summed E-state index contributed by atoms with van der Waals surface area (Å²) >= 11 is 0. The Labute approximate surface area is 196 Å². The Hall–Kier alpha value is -2.09. The predicted octanol–water partition coefficient (Wildman–Crippen LogP) is 2.07. The number of nitrogens with zero attached hydrogens (tertiary/aromatic N) is 6. The molecule has 0 saturated carbocycles. The number of hydrogen-bond acceptors (Lipinski definition) is 5. The maximum atomic E-state index is 13.3. The predicted molar refractivity (Wildman–Crippen MR) is 125 cm³/mol. The van der Waals surface area contributed by atoms with E-state index in [-0.39, 0.29) is 30.5 Å². The molecule has 0 spiro atoms. The lowest BCUT2D eigenvalue weighted by Gasteiger charge is -2.35. The quantitative estimate of drug-likeness (QED) is 0.337. The van der Waals surface area contributed by atoms with Crippen molar-refractivity contribution in [2.75, 3.05) is 45.2 Å². The number of nitrogens with one attached hydrogen (secondary N) is 2. The first-order valence-electron chi connectivity index (χ1n) is 9.69. The monoisotopic (exact) mass is 552 g/mol. The lowest BCUT2D eigenvalue weighted by atomic mass is 10.1. The van der Waals surface area contributed by atoms with Gasteiger partial charge in [-0.15, -0.1) is 24.0 Å². The van der Waals surface area contributed by atoms with Crippen molar-refractivity contribution in [1.82, 2.24) is 30.3 Å². The molecule has 0 bridgehead atoms. The van der Waals surface area contributed by atoms with Crippen molar-refractivity contribution in [3.63, 3.8) is 0 Å². The highest BCUT2D eigenvalue weighted by molar-refractivity contribution is 14.0. The molecule has 0 unspecified atom stereocenters. The van der Waals surface area contributed by atoms with Gasteiger partial charge in [-0.05, 0) is 30.8 Å². The average molecular weight is 552 g/mol. The van der Waals surface area contributed by atoms with E-state index in [1.807, 2.05) is 7.05 Å². The largest absolute Gasteiger partial charge is 0.416 e. The number of piperazine rings is 1. The lowest BCUT2D eigenvalue weighted by molar-refractivity contribution is -0.137. The molecular weight excluding hydrogens is 524 g/mol. The molecule has 2 heterocycles. The van der Waals surface area contributed by atoms with Crippen LogP contribution in [0.1, 0.15) is 17.0 Å². The molecule has 2 N–H and O–H groups in total. The second kappa shape index (κ2) is 11.0. The molecule has 8 nitrogen and oxygen atoms in total. The Morgan fingerprint density at radius 1 is 1.10 bits per heavy atom. The smallest absolute Gasteiger partial charge is 0.369 e. The number of alkyl halides is 3. The van der Waals surface area contributed by atoms with Crippen LogP contribution in [0.3, 0.4) is 0 Å². The van der Waals surface area contributed by atoms with Crippen LogP contribution in [0, 0.1) is 0 Å². The minimum Gasteiger partial charge on any atom is -0.369 e. The summed E-state index contributed by atoms with van der Waals surface area (Å²) in [6.45, 7) is 3.89. The van der Waals surface area contributed by atoms with Crippen LogP contribution in [0.15, 0.2) is 29.5 Å².